The molecule has 3 N–H and O–H groups in total. The Morgan fingerprint density at radius 1 is 1.35 bits per heavy atom. The second-order valence-corrected chi connectivity index (χ2v) is 6.27. The molecule has 1 aromatic rings. The average molecular weight is 276 g/mol. The molecule has 0 radical (unpaired) electrons. The Morgan fingerprint density at radius 3 is 2.45 bits per heavy atom. The number of amides is 1. The van der Waals surface area contributed by atoms with Crippen LogP contribution in [0.5, 0.6) is 5.75 Å². The standard InChI is InChI=1S/C16H24N2O2/c1-16(2,15(17)19)10-18-13-8-12(9-13)11-4-6-14(20-3)7-5-11/h4-7,12-13,18H,8-10H2,1-3H3,(H2,17,19). The smallest absolute Gasteiger partial charge is 0.224 e. The fraction of sp³-hybridized carbons (Fsp3) is 0.562. The number of hydrogen-bond acceptors (Lipinski definition) is 3. The number of ether oxygens (including phenoxy) is 1. The van der Waals surface area contributed by atoms with Crippen molar-refractivity contribution in [1.82, 2.24) is 5.32 Å². The first-order valence-electron chi connectivity index (χ1n) is 7.09. The summed E-state index contributed by atoms with van der Waals surface area (Å²) in [6, 6.07) is 8.76. The number of nitrogens with one attached hydrogen (secondary N) is 1. The van der Waals surface area contributed by atoms with E-state index in [4.69, 9.17) is 10.5 Å². The van der Waals surface area contributed by atoms with Crippen LogP contribution < -0.4 is 15.8 Å². The van der Waals surface area contributed by atoms with Gasteiger partial charge in [0.05, 0.1) is 12.5 Å². The fourth-order valence-electron chi connectivity index (χ4n) is 2.42. The van der Waals surface area contributed by atoms with Crippen molar-refractivity contribution in [3.8, 4) is 5.75 Å². The quantitative estimate of drug-likeness (QED) is 0.835. The predicted molar refractivity (Wildman–Crippen MR) is 79.7 cm³/mol. The van der Waals surface area contributed by atoms with Gasteiger partial charge in [0.2, 0.25) is 5.91 Å². The van der Waals surface area contributed by atoms with Crippen LogP contribution in [-0.4, -0.2) is 25.6 Å². The third kappa shape index (κ3) is 3.31. The van der Waals surface area contributed by atoms with Crippen LogP contribution >= 0.6 is 0 Å². The summed E-state index contributed by atoms with van der Waals surface area (Å²) in [5.41, 5.74) is 6.25. The molecule has 1 aliphatic carbocycles. The van der Waals surface area contributed by atoms with E-state index in [0.29, 0.717) is 18.5 Å². The molecule has 0 atom stereocenters. The zero-order valence-corrected chi connectivity index (χ0v) is 12.5. The van der Waals surface area contributed by atoms with Gasteiger partial charge in [-0.2, -0.15) is 0 Å². The monoisotopic (exact) mass is 276 g/mol. The molecule has 110 valence electrons. The van der Waals surface area contributed by atoms with Gasteiger partial charge in [0.1, 0.15) is 5.75 Å². The Balaban J connectivity index is 1.78. The van der Waals surface area contributed by atoms with Gasteiger partial charge in [-0.15, -0.1) is 0 Å². The number of methoxy groups -OCH3 is 1. The Bertz CT molecular complexity index is 462. The molecule has 0 saturated heterocycles. The summed E-state index contributed by atoms with van der Waals surface area (Å²) in [6.07, 6.45) is 2.22. The minimum absolute atomic E-state index is 0.254. The van der Waals surface area contributed by atoms with Gasteiger partial charge in [0.15, 0.2) is 0 Å². The highest BCUT2D eigenvalue weighted by Gasteiger charge is 2.32. The average Bonchev–Trinajstić information content (AvgIpc) is 2.37. The summed E-state index contributed by atoms with van der Waals surface area (Å²) in [7, 11) is 1.68. The largest absolute Gasteiger partial charge is 0.497 e. The number of nitrogens with two attached hydrogens (primary N) is 1. The van der Waals surface area contributed by atoms with Gasteiger partial charge in [-0.05, 0) is 50.3 Å². The van der Waals surface area contributed by atoms with Gasteiger partial charge in [0, 0.05) is 12.6 Å². The Morgan fingerprint density at radius 2 is 1.95 bits per heavy atom. The van der Waals surface area contributed by atoms with Crippen LogP contribution in [0.3, 0.4) is 0 Å². The lowest BCUT2D eigenvalue weighted by Crippen LogP contribution is -2.47. The number of hydrogen-bond donors (Lipinski definition) is 2. The fourth-order valence-corrected chi connectivity index (χ4v) is 2.42. The molecule has 1 fully saturated rings. The van der Waals surface area contributed by atoms with Crippen LogP contribution in [0, 0.1) is 5.41 Å². The van der Waals surface area contributed by atoms with E-state index in [1.54, 1.807) is 7.11 Å². The van der Waals surface area contributed by atoms with E-state index >= 15 is 0 Å². The molecule has 0 aromatic heterocycles. The van der Waals surface area contributed by atoms with Crippen LogP contribution in [0.4, 0.5) is 0 Å². The van der Waals surface area contributed by atoms with E-state index in [0.717, 1.165) is 18.6 Å². The zero-order valence-electron chi connectivity index (χ0n) is 12.5. The van der Waals surface area contributed by atoms with Crippen molar-refractivity contribution >= 4 is 5.91 Å². The molecule has 0 heterocycles. The number of primary amides is 1. The molecule has 4 nitrogen and oxygen atoms in total. The van der Waals surface area contributed by atoms with Crippen molar-refractivity contribution < 1.29 is 9.53 Å². The number of benzene rings is 1. The zero-order chi connectivity index (χ0) is 14.8. The van der Waals surface area contributed by atoms with E-state index in [2.05, 4.69) is 17.4 Å². The molecule has 1 saturated carbocycles. The van der Waals surface area contributed by atoms with Crippen LogP contribution in [-0.2, 0) is 4.79 Å². The lowest BCUT2D eigenvalue weighted by Gasteiger charge is -2.38. The van der Waals surface area contributed by atoms with E-state index in [1.165, 1.54) is 5.56 Å². The Hall–Kier alpha value is -1.55. The van der Waals surface area contributed by atoms with Crippen molar-refractivity contribution in [2.45, 2.75) is 38.6 Å². The molecule has 4 heteroatoms. The second kappa shape index (κ2) is 5.83. The minimum atomic E-state index is -0.481. The Kier molecular flexibility index (Phi) is 4.33. The van der Waals surface area contributed by atoms with Crippen molar-refractivity contribution in [1.29, 1.82) is 0 Å². The Labute approximate surface area is 120 Å². The second-order valence-electron chi connectivity index (χ2n) is 6.27. The van der Waals surface area contributed by atoms with Crippen LogP contribution in [0.2, 0.25) is 0 Å². The number of carbonyl (C=O) groups excluding carboxylic acids is 1. The first-order valence-corrected chi connectivity index (χ1v) is 7.09. The third-order valence-electron chi connectivity index (χ3n) is 4.22. The summed E-state index contributed by atoms with van der Waals surface area (Å²) in [4.78, 5) is 11.3. The molecule has 0 bridgehead atoms. The SMILES string of the molecule is COc1ccc(C2CC(NCC(C)(C)C(N)=O)C2)cc1. The maximum Gasteiger partial charge on any atom is 0.224 e. The third-order valence-corrected chi connectivity index (χ3v) is 4.22. The van der Waals surface area contributed by atoms with Gasteiger partial charge in [-0.25, -0.2) is 0 Å². The van der Waals surface area contributed by atoms with Gasteiger partial charge in [-0.3, -0.25) is 4.79 Å². The van der Waals surface area contributed by atoms with Crippen molar-refractivity contribution in [2.75, 3.05) is 13.7 Å². The molecule has 1 aliphatic rings. The van der Waals surface area contributed by atoms with E-state index < -0.39 is 5.41 Å². The normalized spacial score (nSPS) is 22.1. The lowest BCUT2D eigenvalue weighted by molar-refractivity contribution is -0.125. The van der Waals surface area contributed by atoms with Gasteiger partial charge < -0.3 is 15.8 Å². The van der Waals surface area contributed by atoms with Crippen LogP contribution in [0.15, 0.2) is 24.3 Å². The molecule has 0 aliphatic heterocycles. The molecule has 1 amide bonds. The topological polar surface area (TPSA) is 64.3 Å². The maximum atomic E-state index is 11.3. The number of rotatable bonds is 6. The van der Waals surface area contributed by atoms with Gasteiger partial charge in [0.25, 0.3) is 0 Å². The van der Waals surface area contributed by atoms with E-state index in [9.17, 15) is 4.79 Å². The minimum Gasteiger partial charge on any atom is -0.497 e. The van der Waals surface area contributed by atoms with Crippen molar-refractivity contribution in [3.05, 3.63) is 29.8 Å². The van der Waals surface area contributed by atoms with Gasteiger partial charge in [-0.1, -0.05) is 12.1 Å². The summed E-state index contributed by atoms with van der Waals surface area (Å²) < 4.78 is 5.16. The van der Waals surface area contributed by atoms with Crippen molar-refractivity contribution in [2.24, 2.45) is 11.1 Å². The van der Waals surface area contributed by atoms with Crippen molar-refractivity contribution in [3.63, 3.8) is 0 Å². The highest BCUT2D eigenvalue weighted by molar-refractivity contribution is 5.80. The van der Waals surface area contributed by atoms with E-state index in [-0.39, 0.29) is 5.91 Å². The van der Waals surface area contributed by atoms with E-state index in [1.807, 2.05) is 26.0 Å². The lowest BCUT2D eigenvalue weighted by atomic mass is 9.75. The summed E-state index contributed by atoms with van der Waals surface area (Å²) in [5.74, 6) is 1.25. The molecule has 0 unspecified atom stereocenters. The predicted octanol–water partition coefficient (Wildman–Crippen LogP) is 2.04. The molecule has 1 aromatic carbocycles. The highest BCUT2D eigenvalue weighted by Crippen LogP contribution is 2.37. The molecule has 0 spiro atoms. The highest BCUT2D eigenvalue weighted by atomic mass is 16.5. The van der Waals surface area contributed by atoms with Gasteiger partial charge >= 0.3 is 0 Å². The molecular formula is C16H24N2O2. The number of carbonyl (C=O) groups is 1. The van der Waals surface area contributed by atoms with Crippen LogP contribution in [0.1, 0.15) is 38.2 Å². The van der Waals surface area contributed by atoms with Crippen LogP contribution in [0.25, 0.3) is 0 Å². The summed E-state index contributed by atoms with van der Waals surface area (Å²) >= 11 is 0. The summed E-state index contributed by atoms with van der Waals surface area (Å²) in [6.45, 7) is 4.40. The molecular weight excluding hydrogens is 252 g/mol. The molecule has 2 rings (SSSR count). The summed E-state index contributed by atoms with van der Waals surface area (Å²) in [5, 5.41) is 3.44. The first-order chi connectivity index (χ1) is 9.42. The molecule has 20 heavy (non-hydrogen) atoms. The maximum absolute atomic E-state index is 11.3. The first kappa shape index (κ1) is 14.9.